The lowest BCUT2D eigenvalue weighted by molar-refractivity contribution is -0.0980. The van der Waals surface area contributed by atoms with E-state index in [1.807, 2.05) is 62.5 Å². The van der Waals surface area contributed by atoms with Crippen molar-refractivity contribution in [2.24, 2.45) is 0 Å². The maximum atomic E-state index is 9.82. The molecule has 1 heterocycles. The van der Waals surface area contributed by atoms with Crippen LogP contribution in [0.3, 0.4) is 0 Å². The predicted octanol–water partition coefficient (Wildman–Crippen LogP) is 7.34. The largest absolute Gasteiger partial charge is 0.511 e. The fraction of sp³-hybridized carbons (Fsp3) is 0.188. The predicted molar refractivity (Wildman–Crippen MR) is 158 cm³/mol. The second kappa shape index (κ2) is 13.6. The summed E-state index contributed by atoms with van der Waals surface area (Å²) >= 11 is 5.82. The lowest BCUT2D eigenvalue weighted by Gasteiger charge is -2.15. The molecule has 3 N–H and O–H groups in total. The standard InChI is InChI=1S/C18H21N3O.C13H11Cl.CH2O/c1-13(22)18(19-2)10-17(18)15-6-3-7-16(9-15)21-12-14-5-4-8-20-11-14;1-10-2-4-11(5-3-10)12-6-8-13(14)9-7-12;1-2/h3-9,11,17,19,21-22H,1,10,12H2,2H3;2-9H,1H3;1H2. The van der Waals surface area contributed by atoms with Gasteiger partial charge in [0.05, 0.1) is 5.54 Å². The van der Waals surface area contributed by atoms with Crippen LogP contribution in [0.4, 0.5) is 5.69 Å². The second-order valence-electron chi connectivity index (χ2n) is 9.14. The molecule has 0 saturated heterocycles. The molecule has 3 aromatic carbocycles. The van der Waals surface area contributed by atoms with Crippen LogP contribution < -0.4 is 10.6 Å². The molecule has 1 saturated carbocycles. The highest BCUT2D eigenvalue weighted by molar-refractivity contribution is 6.30. The summed E-state index contributed by atoms with van der Waals surface area (Å²) in [6.45, 7) is 8.54. The van der Waals surface area contributed by atoms with Crippen LogP contribution in [0.25, 0.3) is 11.1 Å². The van der Waals surface area contributed by atoms with E-state index in [1.165, 1.54) is 22.3 Å². The van der Waals surface area contributed by atoms with Crippen molar-refractivity contribution in [3.63, 3.8) is 0 Å². The van der Waals surface area contributed by atoms with Gasteiger partial charge in [-0.3, -0.25) is 4.98 Å². The molecule has 2 atom stereocenters. The number of hydrogen-bond donors (Lipinski definition) is 3. The van der Waals surface area contributed by atoms with Gasteiger partial charge in [0.1, 0.15) is 12.5 Å². The molecule has 6 heteroatoms. The van der Waals surface area contributed by atoms with Gasteiger partial charge in [0, 0.05) is 35.6 Å². The van der Waals surface area contributed by atoms with Crippen LogP contribution in [0.5, 0.6) is 0 Å². The molecule has 1 aliphatic rings. The van der Waals surface area contributed by atoms with E-state index >= 15 is 0 Å². The van der Waals surface area contributed by atoms with Gasteiger partial charge in [-0.2, -0.15) is 0 Å². The molecule has 0 amide bonds. The Morgan fingerprint density at radius 1 is 1.03 bits per heavy atom. The summed E-state index contributed by atoms with van der Waals surface area (Å²) in [4.78, 5) is 12.1. The van der Waals surface area contributed by atoms with Crippen LogP contribution in [-0.4, -0.2) is 29.5 Å². The third-order valence-corrected chi connectivity index (χ3v) is 6.91. The van der Waals surface area contributed by atoms with Crippen molar-refractivity contribution in [2.45, 2.75) is 31.3 Å². The first-order chi connectivity index (χ1) is 18.4. The van der Waals surface area contributed by atoms with E-state index in [1.54, 1.807) is 6.20 Å². The van der Waals surface area contributed by atoms with E-state index < -0.39 is 0 Å². The fourth-order valence-corrected chi connectivity index (χ4v) is 4.49. The number of carbonyl (C=O) groups is 1. The fourth-order valence-electron chi connectivity index (χ4n) is 4.37. The first-order valence-corrected chi connectivity index (χ1v) is 12.7. The zero-order valence-electron chi connectivity index (χ0n) is 21.8. The summed E-state index contributed by atoms with van der Waals surface area (Å²) in [6, 6.07) is 28.7. The molecule has 0 radical (unpaired) electrons. The zero-order chi connectivity index (χ0) is 27.5. The summed E-state index contributed by atoms with van der Waals surface area (Å²) in [7, 11) is 1.87. The summed E-state index contributed by atoms with van der Waals surface area (Å²) in [5.74, 6) is 0.490. The number of aryl methyl sites for hydroxylation is 1. The molecular weight excluding hydrogens is 494 g/mol. The van der Waals surface area contributed by atoms with Crippen LogP contribution >= 0.6 is 11.6 Å². The highest BCUT2D eigenvalue weighted by Crippen LogP contribution is 2.54. The molecule has 5 rings (SSSR count). The van der Waals surface area contributed by atoms with Crippen LogP contribution in [0.1, 0.15) is 29.0 Å². The van der Waals surface area contributed by atoms with Gasteiger partial charge < -0.3 is 20.5 Å². The number of hydrogen-bond acceptors (Lipinski definition) is 5. The molecular formula is C32H34ClN3O2. The number of nitrogens with one attached hydrogen (secondary N) is 2. The molecule has 1 fully saturated rings. The zero-order valence-corrected chi connectivity index (χ0v) is 22.6. The SMILES string of the molecule is C=C(O)C1(NC)CC1c1cccc(NCc2cccnc2)c1.C=O.Cc1ccc(-c2ccc(Cl)cc2)cc1. The van der Waals surface area contributed by atoms with E-state index in [2.05, 4.69) is 71.6 Å². The van der Waals surface area contributed by atoms with Gasteiger partial charge in [-0.15, -0.1) is 0 Å². The molecule has 0 spiro atoms. The normalized spacial score (nSPS) is 17.2. The van der Waals surface area contributed by atoms with Gasteiger partial charge in [0.15, 0.2) is 0 Å². The minimum absolute atomic E-state index is 0.216. The number of nitrogens with zero attached hydrogens (tertiary/aromatic N) is 1. The van der Waals surface area contributed by atoms with Crippen LogP contribution in [0.15, 0.2) is 110 Å². The molecule has 38 heavy (non-hydrogen) atoms. The third kappa shape index (κ3) is 7.31. The van der Waals surface area contributed by atoms with Crippen molar-refractivity contribution in [3.05, 3.63) is 131 Å². The first kappa shape index (κ1) is 28.6. The number of aliphatic hydroxyl groups excluding tert-OH is 1. The van der Waals surface area contributed by atoms with Gasteiger partial charge >= 0.3 is 0 Å². The molecule has 1 aliphatic carbocycles. The quantitative estimate of drug-likeness (QED) is 0.219. The Morgan fingerprint density at radius 3 is 2.24 bits per heavy atom. The van der Waals surface area contributed by atoms with Crippen molar-refractivity contribution < 1.29 is 9.90 Å². The number of aliphatic hydroxyl groups is 1. The van der Waals surface area contributed by atoms with E-state index in [-0.39, 0.29) is 17.2 Å². The Kier molecular flexibility index (Phi) is 10.2. The lowest BCUT2D eigenvalue weighted by atomic mass is 10.0. The topological polar surface area (TPSA) is 74.2 Å². The highest BCUT2D eigenvalue weighted by Gasteiger charge is 2.56. The Hall–Kier alpha value is -3.93. The number of anilines is 1. The van der Waals surface area contributed by atoms with Crippen LogP contribution in [0.2, 0.25) is 5.02 Å². The minimum atomic E-state index is -0.359. The van der Waals surface area contributed by atoms with Crippen LogP contribution in [0, 0.1) is 6.92 Å². The summed E-state index contributed by atoms with van der Waals surface area (Å²) in [5, 5.41) is 17.2. The molecule has 2 unspecified atom stereocenters. The van der Waals surface area contributed by atoms with Gasteiger partial charge in [-0.25, -0.2) is 0 Å². The Balaban J connectivity index is 0.000000215. The lowest BCUT2D eigenvalue weighted by Crippen LogP contribution is -2.31. The number of likely N-dealkylation sites (N-methyl/N-ethyl adjacent to an activating group) is 1. The number of aromatic nitrogens is 1. The molecule has 5 nitrogen and oxygen atoms in total. The average molecular weight is 528 g/mol. The number of benzene rings is 3. The smallest absolute Gasteiger partial charge is 0.106 e. The number of pyridine rings is 1. The van der Waals surface area contributed by atoms with Crippen molar-refractivity contribution in [1.82, 2.24) is 10.3 Å². The first-order valence-electron chi connectivity index (χ1n) is 12.3. The van der Waals surface area contributed by atoms with E-state index in [4.69, 9.17) is 16.4 Å². The average Bonchev–Trinajstić information content (AvgIpc) is 3.72. The molecule has 0 aliphatic heterocycles. The maximum absolute atomic E-state index is 9.82. The monoisotopic (exact) mass is 527 g/mol. The summed E-state index contributed by atoms with van der Waals surface area (Å²) in [6.07, 6.45) is 4.51. The van der Waals surface area contributed by atoms with E-state index in [0.717, 1.165) is 29.2 Å². The van der Waals surface area contributed by atoms with Gasteiger partial charge in [-0.05, 0) is 73.0 Å². The van der Waals surface area contributed by atoms with Gasteiger partial charge in [-0.1, -0.05) is 78.3 Å². The number of carbonyl (C=O) groups excluding carboxylic acids is 1. The summed E-state index contributed by atoms with van der Waals surface area (Å²) in [5.41, 5.74) is 6.78. The maximum Gasteiger partial charge on any atom is 0.106 e. The van der Waals surface area contributed by atoms with E-state index in [9.17, 15) is 5.11 Å². The Bertz CT molecular complexity index is 1270. The Morgan fingerprint density at radius 2 is 1.68 bits per heavy atom. The van der Waals surface area contributed by atoms with Gasteiger partial charge in [0.2, 0.25) is 0 Å². The third-order valence-electron chi connectivity index (χ3n) is 6.66. The molecule has 0 bridgehead atoms. The van der Waals surface area contributed by atoms with Crippen molar-refractivity contribution in [1.29, 1.82) is 0 Å². The molecule has 4 aromatic rings. The van der Waals surface area contributed by atoms with E-state index in [0.29, 0.717) is 0 Å². The number of rotatable bonds is 7. The van der Waals surface area contributed by atoms with Gasteiger partial charge in [0.25, 0.3) is 0 Å². The summed E-state index contributed by atoms with van der Waals surface area (Å²) < 4.78 is 0. The molecule has 1 aromatic heterocycles. The van der Waals surface area contributed by atoms with Crippen LogP contribution in [-0.2, 0) is 11.3 Å². The molecule has 196 valence electrons. The minimum Gasteiger partial charge on any atom is -0.511 e. The van der Waals surface area contributed by atoms with Crippen molar-refractivity contribution in [2.75, 3.05) is 12.4 Å². The van der Waals surface area contributed by atoms with Crippen molar-refractivity contribution >= 4 is 24.1 Å². The second-order valence-corrected chi connectivity index (χ2v) is 9.57. The number of halogens is 1. The Labute approximate surface area is 230 Å². The highest BCUT2D eigenvalue weighted by atomic mass is 35.5. The van der Waals surface area contributed by atoms with Crippen molar-refractivity contribution in [3.8, 4) is 11.1 Å².